The van der Waals surface area contributed by atoms with Gasteiger partial charge in [-0.1, -0.05) is 30.3 Å². The van der Waals surface area contributed by atoms with E-state index in [1.54, 1.807) is 29.5 Å². The van der Waals surface area contributed by atoms with Crippen molar-refractivity contribution in [1.82, 2.24) is 0 Å². The molecular weight excluding hydrogens is 284 g/mol. The van der Waals surface area contributed by atoms with Gasteiger partial charge in [-0.05, 0) is 23.6 Å². The summed E-state index contributed by atoms with van der Waals surface area (Å²) in [6, 6.07) is 14.7. The highest BCUT2D eigenvalue weighted by Crippen LogP contribution is 2.34. The summed E-state index contributed by atoms with van der Waals surface area (Å²) >= 11 is 1.59. The Kier molecular flexibility index (Phi) is 2.59. The van der Waals surface area contributed by atoms with Crippen LogP contribution in [0.5, 0.6) is 5.75 Å². The molecular formula is C17H10O3S. The first-order chi connectivity index (χ1) is 10.3. The van der Waals surface area contributed by atoms with E-state index in [1.807, 2.05) is 35.7 Å². The molecule has 0 amide bonds. The third-order valence-corrected chi connectivity index (χ3v) is 4.38. The van der Waals surface area contributed by atoms with Crippen molar-refractivity contribution >= 4 is 32.4 Å². The second-order valence-corrected chi connectivity index (χ2v) is 5.70. The number of aromatic hydroxyl groups is 1. The minimum absolute atomic E-state index is 0.215. The summed E-state index contributed by atoms with van der Waals surface area (Å²) in [6.45, 7) is 0. The Balaban J connectivity index is 2.18. The highest BCUT2D eigenvalue weighted by molar-refractivity contribution is 7.17. The van der Waals surface area contributed by atoms with Crippen molar-refractivity contribution in [2.45, 2.75) is 0 Å². The predicted molar refractivity (Wildman–Crippen MR) is 85.0 cm³/mol. The fourth-order valence-electron chi connectivity index (χ4n) is 2.47. The lowest BCUT2D eigenvalue weighted by Crippen LogP contribution is -2.02. The van der Waals surface area contributed by atoms with Gasteiger partial charge in [-0.25, -0.2) is 0 Å². The van der Waals surface area contributed by atoms with Crippen molar-refractivity contribution in [2.75, 3.05) is 0 Å². The fourth-order valence-corrected chi connectivity index (χ4v) is 3.26. The lowest BCUT2D eigenvalue weighted by Gasteiger charge is -2.06. The van der Waals surface area contributed by atoms with Gasteiger partial charge in [-0.2, -0.15) is 0 Å². The van der Waals surface area contributed by atoms with Crippen molar-refractivity contribution in [3.05, 3.63) is 64.1 Å². The number of rotatable bonds is 1. The van der Waals surface area contributed by atoms with Crippen LogP contribution in [0.25, 0.3) is 32.4 Å². The second kappa shape index (κ2) is 4.46. The summed E-state index contributed by atoms with van der Waals surface area (Å²) in [5, 5.41) is 13.4. The van der Waals surface area contributed by atoms with E-state index >= 15 is 0 Å². The van der Waals surface area contributed by atoms with E-state index in [1.165, 1.54) is 0 Å². The number of benzene rings is 2. The van der Waals surface area contributed by atoms with Gasteiger partial charge in [0.15, 0.2) is 5.76 Å². The molecule has 3 nitrogen and oxygen atoms in total. The van der Waals surface area contributed by atoms with Crippen LogP contribution in [-0.4, -0.2) is 5.11 Å². The van der Waals surface area contributed by atoms with Gasteiger partial charge in [-0.15, -0.1) is 11.3 Å². The Morgan fingerprint density at radius 2 is 1.76 bits per heavy atom. The average molecular weight is 294 g/mol. The van der Waals surface area contributed by atoms with Gasteiger partial charge in [0.2, 0.25) is 11.2 Å². The molecule has 0 atom stereocenters. The maximum atomic E-state index is 12.4. The molecule has 2 heterocycles. The quantitative estimate of drug-likeness (QED) is 0.567. The van der Waals surface area contributed by atoms with Crippen molar-refractivity contribution < 1.29 is 9.52 Å². The normalized spacial score (nSPS) is 11.2. The molecule has 0 aliphatic heterocycles. The van der Waals surface area contributed by atoms with Gasteiger partial charge in [0.1, 0.15) is 5.58 Å². The lowest BCUT2D eigenvalue weighted by molar-refractivity contribution is 0.449. The Morgan fingerprint density at radius 1 is 0.952 bits per heavy atom. The molecule has 0 unspecified atom stereocenters. The summed E-state index contributed by atoms with van der Waals surface area (Å²) in [7, 11) is 0. The minimum Gasteiger partial charge on any atom is -0.502 e. The van der Waals surface area contributed by atoms with E-state index in [0.29, 0.717) is 16.5 Å². The summed E-state index contributed by atoms with van der Waals surface area (Å²) in [6.07, 6.45) is 0. The highest BCUT2D eigenvalue weighted by Gasteiger charge is 2.16. The smallest absolute Gasteiger partial charge is 0.235 e. The molecule has 4 aromatic rings. The van der Waals surface area contributed by atoms with Crippen LogP contribution in [0.2, 0.25) is 0 Å². The molecule has 4 rings (SSSR count). The van der Waals surface area contributed by atoms with Gasteiger partial charge >= 0.3 is 0 Å². The van der Waals surface area contributed by atoms with Gasteiger partial charge in [0, 0.05) is 15.6 Å². The first kappa shape index (κ1) is 12.2. The minimum atomic E-state index is -0.400. The second-order valence-electron chi connectivity index (χ2n) is 4.75. The molecule has 2 aromatic carbocycles. The van der Waals surface area contributed by atoms with E-state index in [9.17, 15) is 9.90 Å². The monoisotopic (exact) mass is 294 g/mol. The third kappa shape index (κ3) is 1.76. The molecule has 2 aromatic heterocycles. The molecule has 0 fully saturated rings. The standard InChI is InChI=1S/C17H10O3S/c18-14-12-6-7-13-11(8-9-21-13)17(12)20-16(15(14)19)10-4-2-1-3-5-10/h1-9,19H. The van der Waals surface area contributed by atoms with Crippen LogP contribution in [-0.2, 0) is 0 Å². The van der Waals surface area contributed by atoms with Crippen molar-refractivity contribution in [3.63, 3.8) is 0 Å². The number of fused-ring (bicyclic) bond motifs is 3. The Bertz CT molecular complexity index is 1010. The topological polar surface area (TPSA) is 50.4 Å². The van der Waals surface area contributed by atoms with E-state index < -0.39 is 5.43 Å². The predicted octanol–water partition coefficient (Wildman–Crippen LogP) is 4.38. The zero-order chi connectivity index (χ0) is 14.4. The van der Waals surface area contributed by atoms with Crippen molar-refractivity contribution in [1.29, 1.82) is 0 Å². The number of hydrogen-bond acceptors (Lipinski definition) is 4. The average Bonchev–Trinajstić information content (AvgIpc) is 3.00. The molecule has 0 spiro atoms. The van der Waals surface area contributed by atoms with Gasteiger partial charge in [0.25, 0.3) is 0 Å². The van der Waals surface area contributed by atoms with Crippen LogP contribution in [0.1, 0.15) is 0 Å². The molecule has 0 saturated carbocycles. The summed E-state index contributed by atoms with van der Waals surface area (Å²) in [5.41, 5.74) is 0.805. The zero-order valence-electron chi connectivity index (χ0n) is 10.9. The Labute approximate surface area is 123 Å². The summed E-state index contributed by atoms with van der Waals surface area (Å²) in [4.78, 5) is 12.4. The molecule has 21 heavy (non-hydrogen) atoms. The van der Waals surface area contributed by atoms with Crippen LogP contribution in [0, 0.1) is 0 Å². The Morgan fingerprint density at radius 3 is 2.57 bits per heavy atom. The number of thiophene rings is 1. The molecule has 4 heteroatoms. The molecule has 102 valence electrons. The van der Waals surface area contributed by atoms with Gasteiger partial charge < -0.3 is 9.52 Å². The largest absolute Gasteiger partial charge is 0.502 e. The van der Waals surface area contributed by atoms with E-state index in [2.05, 4.69) is 0 Å². The first-order valence-corrected chi connectivity index (χ1v) is 7.35. The molecule has 0 aliphatic rings. The molecule has 0 aliphatic carbocycles. The molecule has 0 radical (unpaired) electrons. The SMILES string of the molecule is O=c1c(O)c(-c2ccccc2)oc2c1ccc1sccc12. The van der Waals surface area contributed by atoms with Gasteiger partial charge in [0.05, 0.1) is 5.39 Å². The van der Waals surface area contributed by atoms with Crippen LogP contribution >= 0.6 is 11.3 Å². The van der Waals surface area contributed by atoms with E-state index in [-0.39, 0.29) is 11.5 Å². The van der Waals surface area contributed by atoms with Crippen molar-refractivity contribution in [2.24, 2.45) is 0 Å². The third-order valence-electron chi connectivity index (χ3n) is 3.50. The van der Waals surface area contributed by atoms with Crippen LogP contribution in [0.15, 0.2) is 63.1 Å². The van der Waals surface area contributed by atoms with Crippen molar-refractivity contribution in [3.8, 4) is 17.1 Å². The van der Waals surface area contributed by atoms with Gasteiger partial charge in [-0.3, -0.25) is 4.79 Å². The van der Waals surface area contributed by atoms with E-state index in [0.717, 1.165) is 10.1 Å². The van der Waals surface area contributed by atoms with Crippen LogP contribution < -0.4 is 5.43 Å². The number of hydrogen-bond donors (Lipinski definition) is 1. The molecule has 1 N–H and O–H groups in total. The Hall–Kier alpha value is -2.59. The maximum Gasteiger partial charge on any atom is 0.235 e. The maximum absolute atomic E-state index is 12.4. The summed E-state index contributed by atoms with van der Waals surface area (Å²) in [5.74, 6) is -0.130. The lowest BCUT2D eigenvalue weighted by atomic mass is 10.1. The fraction of sp³-hybridized carbons (Fsp3) is 0. The zero-order valence-corrected chi connectivity index (χ0v) is 11.7. The molecule has 0 bridgehead atoms. The summed E-state index contributed by atoms with van der Waals surface area (Å²) < 4.78 is 6.94. The highest BCUT2D eigenvalue weighted by atomic mass is 32.1. The van der Waals surface area contributed by atoms with E-state index in [4.69, 9.17) is 4.42 Å². The van der Waals surface area contributed by atoms with Crippen LogP contribution in [0.3, 0.4) is 0 Å². The molecule has 0 saturated heterocycles. The van der Waals surface area contributed by atoms with Crippen LogP contribution in [0.4, 0.5) is 0 Å². The first-order valence-electron chi connectivity index (χ1n) is 6.47.